The average molecular weight is 414 g/mol. The molecule has 0 atom stereocenters. The zero-order valence-electron chi connectivity index (χ0n) is 16.4. The van der Waals surface area contributed by atoms with Crippen LogP contribution in [-0.2, 0) is 9.53 Å². The second kappa shape index (κ2) is 9.12. The number of carbonyl (C=O) groups is 2. The maximum Gasteiger partial charge on any atom is 0.338 e. The summed E-state index contributed by atoms with van der Waals surface area (Å²) < 4.78 is 10.4. The van der Waals surface area contributed by atoms with Crippen molar-refractivity contribution in [3.63, 3.8) is 0 Å². The molecule has 0 spiro atoms. The Balaban J connectivity index is 1.53. The van der Waals surface area contributed by atoms with Crippen LogP contribution in [0.25, 0.3) is 0 Å². The molecule has 30 heavy (non-hydrogen) atoms. The average Bonchev–Trinajstić information content (AvgIpc) is 2.77. The van der Waals surface area contributed by atoms with Crippen molar-refractivity contribution in [2.45, 2.75) is 0 Å². The topological polar surface area (TPSA) is 128 Å². The second-order valence-electron chi connectivity index (χ2n) is 6.65. The first-order valence-electron chi connectivity index (χ1n) is 9.27. The van der Waals surface area contributed by atoms with Gasteiger partial charge in [0.05, 0.1) is 23.3 Å². The number of benzene rings is 2. The first-order valence-corrected chi connectivity index (χ1v) is 9.27. The van der Waals surface area contributed by atoms with Crippen LogP contribution in [0.15, 0.2) is 42.5 Å². The maximum atomic E-state index is 12.4. The molecule has 1 saturated heterocycles. The smallest absolute Gasteiger partial charge is 0.338 e. The van der Waals surface area contributed by atoms with Crippen LogP contribution in [0.2, 0.25) is 0 Å². The second-order valence-corrected chi connectivity index (χ2v) is 6.65. The van der Waals surface area contributed by atoms with E-state index in [2.05, 4.69) is 4.90 Å². The molecule has 0 bridgehead atoms. The van der Waals surface area contributed by atoms with Crippen LogP contribution in [0.4, 0.5) is 17.1 Å². The Bertz CT molecular complexity index is 956. The molecule has 0 unspecified atom stereocenters. The van der Waals surface area contributed by atoms with Crippen molar-refractivity contribution in [1.82, 2.24) is 4.90 Å². The van der Waals surface area contributed by atoms with Gasteiger partial charge in [-0.15, -0.1) is 0 Å². The van der Waals surface area contributed by atoms with Gasteiger partial charge in [0, 0.05) is 32.2 Å². The van der Waals surface area contributed by atoms with Gasteiger partial charge in [-0.1, -0.05) is 12.1 Å². The third-order valence-electron chi connectivity index (χ3n) is 4.85. The minimum absolute atomic E-state index is 0.0373. The number of rotatable bonds is 6. The Hall–Kier alpha value is -3.82. The highest BCUT2D eigenvalue weighted by Crippen LogP contribution is 2.28. The van der Waals surface area contributed by atoms with E-state index >= 15 is 0 Å². The van der Waals surface area contributed by atoms with E-state index in [0.717, 1.165) is 17.5 Å². The van der Waals surface area contributed by atoms with Crippen LogP contribution >= 0.6 is 0 Å². The molecule has 0 aromatic heterocycles. The fourth-order valence-electron chi connectivity index (χ4n) is 3.22. The van der Waals surface area contributed by atoms with Crippen LogP contribution in [-0.4, -0.2) is 61.6 Å². The predicted molar refractivity (Wildman–Crippen MR) is 110 cm³/mol. The number of methoxy groups -OCH3 is 1. The number of para-hydroxylation sites is 2. The molecule has 2 N–H and O–H groups in total. The SMILES string of the molecule is COc1ccccc1N1CCN(C(=O)COC(=O)c2ccc(N)c([N+](=O)[O-])c2)CC1. The Labute approximate surface area is 172 Å². The van der Waals surface area contributed by atoms with Gasteiger partial charge in [-0.3, -0.25) is 14.9 Å². The molecule has 0 saturated carbocycles. The fourth-order valence-corrected chi connectivity index (χ4v) is 3.22. The first kappa shape index (κ1) is 20.9. The van der Waals surface area contributed by atoms with Crippen molar-refractivity contribution in [2.24, 2.45) is 0 Å². The molecule has 10 nitrogen and oxygen atoms in total. The summed E-state index contributed by atoms with van der Waals surface area (Å²) in [6, 6.07) is 11.3. The lowest BCUT2D eigenvalue weighted by Crippen LogP contribution is -2.50. The van der Waals surface area contributed by atoms with Gasteiger partial charge in [0.1, 0.15) is 11.4 Å². The van der Waals surface area contributed by atoms with Gasteiger partial charge in [-0.25, -0.2) is 4.79 Å². The van der Waals surface area contributed by atoms with E-state index in [1.54, 1.807) is 12.0 Å². The molecule has 1 fully saturated rings. The number of carbonyl (C=O) groups excluding carboxylic acids is 2. The summed E-state index contributed by atoms with van der Waals surface area (Å²) in [6.07, 6.45) is 0. The quantitative estimate of drug-likeness (QED) is 0.327. The summed E-state index contributed by atoms with van der Waals surface area (Å²) in [5.74, 6) is -0.379. The number of amides is 1. The number of hydrogen-bond acceptors (Lipinski definition) is 8. The number of anilines is 2. The van der Waals surface area contributed by atoms with E-state index in [0.29, 0.717) is 26.2 Å². The van der Waals surface area contributed by atoms with Gasteiger partial charge >= 0.3 is 5.97 Å². The summed E-state index contributed by atoms with van der Waals surface area (Å²) in [6.45, 7) is 1.74. The van der Waals surface area contributed by atoms with Gasteiger partial charge in [-0.2, -0.15) is 0 Å². The number of nitrogens with two attached hydrogens (primary N) is 1. The minimum Gasteiger partial charge on any atom is -0.495 e. The summed E-state index contributed by atoms with van der Waals surface area (Å²) in [7, 11) is 1.61. The highest BCUT2D eigenvalue weighted by Gasteiger charge is 2.24. The van der Waals surface area contributed by atoms with Crippen LogP contribution < -0.4 is 15.4 Å². The molecule has 158 valence electrons. The molecule has 1 aliphatic rings. The zero-order valence-corrected chi connectivity index (χ0v) is 16.4. The summed E-state index contributed by atoms with van der Waals surface area (Å²) in [5.41, 5.74) is 6.00. The van der Waals surface area contributed by atoms with Gasteiger partial charge in [0.25, 0.3) is 11.6 Å². The highest BCUT2D eigenvalue weighted by atomic mass is 16.6. The standard InChI is InChI=1S/C20H22N4O6/c1-29-18-5-3-2-4-16(18)22-8-10-23(11-9-22)19(25)13-30-20(26)14-6-7-15(21)17(12-14)24(27)28/h2-7,12H,8-11,13,21H2,1H3. The molecule has 0 aliphatic carbocycles. The zero-order chi connectivity index (χ0) is 21.7. The Morgan fingerprint density at radius 1 is 1.13 bits per heavy atom. The van der Waals surface area contributed by atoms with Crippen molar-refractivity contribution in [2.75, 3.05) is 50.5 Å². The molecule has 2 aromatic carbocycles. The van der Waals surface area contributed by atoms with E-state index in [1.165, 1.54) is 12.1 Å². The van der Waals surface area contributed by atoms with Crippen LogP contribution in [0, 0.1) is 10.1 Å². The summed E-state index contributed by atoms with van der Waals surface area (Å²) in [4.78, 5) is 38.6. The lowest BCUT2D eigenvalue weighted by atomic mass is 10.2. The minimum atomic E-state index is -0.820. The number of nitrogen functional groups attached to an aromatic ring is 1. The van der Waals surface area contributed by atoms with Gasteiger partial charge in [0.2, 0.25) is 0 Å². The lowest BCUT2D eigenvalue weighted by molar-refractivity contribution is -0.383. The van der Waals surface area contributed by atoms with Crippen LogP contribution in [0.5, 0.6) is 5.75 Å². The monoisotopic (exact) mass is 414 g/mol. The molecular formula is C20H22N4O6. The number of hydrogen-bond donors (Lipinski definition) is 1. The van der Waals surface area contributed by atoms with Crippen LogP contribution in [0.1, 0.15) is 10.4 Å². The van der Waals surface area contributed by atoms with E-state index < -0.39 is 17.5 Å². The maximum absolute atomic E-state index is 12.4. The number of nitro groups is 1. The molecule has 1 aliphatic heterocycles. The molecule has 1 heterocycles. The third kappa shape index (κ3) is 4.59. The van der Waals surface area contributed by atoms with Crippen molar-refractivity contribution in [3.05, 3.63) is 58.1 Å². The number of piperazine rings is 1. The Kier molecular flexibility index (Phi) is 6.35. The Morgan fingerprint density at radius 2 is 1.83 bits per heavy atom. The van der Waals surface area contributed by atoms with Crippen molar-refractivity contribution < 1.29 is 24.0 Å². The lowest BCUT2D eigenvalue weighted by Gasteiger charge is -2.36. The molecule has 3 rings (SSSR count). The van der Waals surface area contributed by atoms with Crippen molar-refractivity contribution >= 4 is 28.9 Å². The predicted octanol–water partition coefficient (Wildman–Crippen LogP) is 1.69. The van der Waals surface area contributed by atoms with E-state index in [4.69, 9.17) is 15.2 Å². The molecular weight excluding hydrogens is 392 g/mol. The fraction of sp³-hybridized carbons (Fsp3) is 0.300. The molecule has 10 heteroatoms. The summed E-state index contributed by atoms with van der Waals surface area (Å²) in [5, 5.41) is 10.9. The number of nitro benzene ring substituents is 1. The van der Waals surface area contributed by atoms with Crippen molar-refractivity contribution in [3.8, 4) is 5.75 Å². The van der Waals surface area contributed by atoms with Gasteiger partial charge in [-0.05, 0) is 24.3 Å². The first-order chi connectivity index (χ1) is 14.4. The Morgan fingerprint density at radius 3 is 2.50 bits per heavy atom. The normalized spacial score (nSPS) is 13.6. The van der Waals surface area contributed by atoms with Crippen molar-refractivity contribution in [1.29, 1.82) is 0 Å². The summed E-state index contributed by atoms with van der Waals surface area (Å²) >= 11 is 0. The highest BCUT2D eigenvalue weighted by molar-refractivity contribution is 5.92. The number of esters is 1. The van der Waals surface area contributed by atoms with E-state index in [9.17, 15) is 19.7 Å². The van der Waals surface area contributed by atoms with Crippen LogP contribution in [0.3, 0.4) is 0 Å². The molecule has 0 radical (unpaired) electrons. The van der Waals surface area contributed by atoms with E-state index in [1.807, 2.05) is 24.3 Å². The largest absolute Gasteiger partial charge is 0.495 e. The number of nitrogens with zero attached hydrogens (tertiary/aromatic N) is 3. The van der Waals surface area contributed by atoms with Gasteiger partial charge < -0.3 is 25.0 Å². The third-order valence-corrected chi connectivity index (χ3v) is 4.85. The molecule has 2 aromatic rings. The molecule has 1 amide bonds. The van der Waals surface area contributed by atoms with Gasteiger partial charge in [0.15, 0.2) is 6.61 Å². The van der Waals surface area contributed by atoms with E-state index in [-0.39, 0.29) is 22.8 Å². The number of ether oxygens (including phenoxy) is 2.